The molecule has 2 rings (SSSR count). The van der Waals surface area contributed by atoms with E-state index < -0.39 is 7.60 Å². The van der Waals surface area contributed by atoms with Gasteiger partial charge in [0.25, 0.3) is 0 Å². The molecule has 0 aliphatic carbocycles. The van der Waals surface area contributed by atoms with Crippen molar-refractivity contribution in [2.45, 2.75) is 20.4 Å². The average Bonchev–Trinajstić information content (AvgIpc) is 2.59. The molecule has 0 radical (unpaired) electrons. The quantitative estimate of drug-likeness (QED) is 0.686. The molecular formula is C18H24NO5P. The molecule has 2 aromatic rings. The van der Waals surface area contributed by atoms with Crippen LogP contribution in [0.4, 0.5) is 0 Å². The molecule has 0 aromatic heterocycles. The zero-order chi connectivity index (χ0) is 18.3. The van der Waals surface area contributed by atoms with Gasteiger partial charge in [-0.05, 0) is 48.4 Å². The first-order chi connectivity index (χ1) is 12.0. The van der Waals surface area contributed by atoms with Gasteiger partial charge in [-0.2, -0.15) is 0 Å². The van der Waals surface area contributed by atoms with Crippen LogP contribution in [0.5, 0.6) is 5.75 Å². The van der Waals surface area contributed by atoms with E-state index in [1.807, 2.05) is 36.4 Å². The summed E-state index contributed by atoms with van der Waals surface area (Å²) in [5, 5.41) is 4.88. The molecule has 0 atom stereocenters. The van der Waals surface area contributed by atoms with Crippen LogP contribution in [0.2, 0.25) is 0 Å². The highest BCUT2D eigenvalue weighted by molar-refractivity contribution is 7.54. The Morgan fingerprint density at radius 3 is 2.32 bits per heavy atom. The molecule has 136 valence electrons. The molecule has 0 unspecified atom stereocenters. The third-order valence-corrected chi connectivity index (χ3v) is 5.57. The van der Waals surface area contributed by atoms with Crippen molar-refractivity contribution >= 4 is 24.3 Å². The second-order valence-corrected chi connectivity index (χ2v) is 7.48. The van der Waals surface area contributed by atoms with E-state index in [4.69, 9.17) is 13.8 Å². The van der Waals surface area contributed by atoms with Crippen molar-refractivity contribution < 1.29 is 23.1 Å². The SMILES string of the molecule is CCOP(=O)(CC(=O)NCc1ccc2cc(OC)ccc2c1)OCC. The van der Waals surface area contributed by atoms with Gasteiger partial charge in [-0.1, -0.05) is 18.2 Å². The second kappa shape index (κ2) is 8.99. The summed E-state index contributed by atoms with van der Waals surface area (Å²) >= 11 is 0. The number of carbonyl (C=O) groups is 1. The lowest BCUT2D eigenvalue weighted by Gasteiger charge is -2.16. The number of amides is 1. The topological polar surface area (TPSA) is 73.9 Å². The molecule has 1 N–H and O–H groups in total. The first-order valence-electron chi connectivity index (χ1n) is 8.21. The Kier molecular flexibility index (Phi) is 7.00. The molecule has 25 heavy (non-hydrogen) atoms. The minimum atomic E-state index is -3.37. The molecule has 1 amide bonds. The average molecular weight is 365 g/mol. The van der Waals surface area contributed by atoms with Crippen molar-refractivity contribution in [1.82, 2.24) is 5.32 Å². The van der Waals surface area contributed by atoms with E-state index in [0.717, 1.165) is 22.1 Å². The summed E-state index contributed by atoms with van der Waals surface area (Å²) in [6.45, 7) is 4.25. The molecule has 0 fully saturated rings. The van der Waals surface area contributed by atoms with Gasteiger partial charge in [0.1, 0.15) is 11.9 Å². The molecule has 0 bridgehead atoms. The van der Waals surface area contributed by atoms with Gasteiger partial charge in [0.05, 0.1) is 20.3 Å². The zero-order valence-electron chi connectivity index (χ0n) is 14.8. The maximum Gasteiger partial charge on any atom is 0.340 e. The molecule has 6 nitrogen and oxygen atoms in total. The van der Waals surface area contributed by atoms with E-state index in [1.54, 1.807) is 21.0 Å². The molecule has 7 heteroatoms. The Morgan fingerprint density at radius 2 is 1.68 bits per heavy atom. The van der Waals surface area contributed by atoms with Crippen LogP contribution in [0.1, 0.15) is 19.4 Å². The van der Waals surface area contributed by atoms with Crippen molar-refractivity contribution in [3.63, 3.8) is 0 Å². The first-order valence-corrected chi connectivity index (χ1v) is 9.94. The number of hydrogen-bond acceptors (Lipinski definition) is 5. The molecule has 2 aromatic carbocycles. The van der Waals surface area contributed by atoms with Gasteiger partial charge in [-0.25, -0.2) is 0 Å². The predicted molar refractivity (Wildman–Crippen MR) is 98.1 cm³/mol. The number of nitrogens with one attached hydrogen (secondary N) is 1. The van der Waals surface area contributed by atoms with Gasteiger partial charge in [0, 0.05) is 6.54 Å². The van der Waals surface area contributed by atoms with Crippen LogP contribution in [0.15, 0.2) is 36.4 Å². The highest BCUT2D eigenvalue weighted by atomic mass is 31.2. The van der Waals surface area contributed by atoms with Gasteiger partial charge >= 0.3 is 7.60 Å². The minimum Gasteiger partial charge on any atom is -0.497 e. The summed E-state index contributed by atoms with van der Waals surface area (Å²) in [7, 11) is -1.74. The molecule has 0 spiro atoms. The minimum absolute atomic E-state index is 0.235. The Balaban J connectivity index is 1.99. The Hall–Kier alpha value is -1.88. The molecular weight excluding hydrogens is 341 g/mol. The van der Waals surface area contributed by atoms with Crippen molar-refractivity contribution in [2.24, 2.45) is 0 Å². The Labute approximate surface area is 148 Å². The summed E-state index contributed by atoms with van der Waals surface area (Å²) in [6, 6.07) is 11.7. The highest BCUT2D eigenvalue weighted by Gasteiger charge is 2.27. The highest BCUT2D eigenvalue weighted by Crippen LogP contribution is 2.47. The summed E-state index contributed by atoms with van der Waals surface area (Å²) in [4.78, 5) is 12.1. The zero-order valence-corrected chi connectivity index (χ0v) is 15.7. The van der Waals surface area contributed by atoms with Gasteiger partial charge in [0.2, 0.25) is 5.91 Å². The van der Waals surface area contributed by atoms with E-state index in [-0.39, 0.29) is 25.3 Å². The second-order valence-electron chi connectivity index (χ2n) is 5.43. The van der Waals surface area contributed by atoms with Crippen LogP contribution in [0.25, 0.3) is 10.8 Å². The number of ether oxygens (including phenoxy) is 1. The predicted octanol–water partition coefficient (Wildman–Crippen LogP) is 3.73. The fourth-order valence-corrected chi connectivity index (χ4v) is 3.97. The van der Waals surface area contributed by atoms with Crippen LogP contribution >= 0.6 is 7.60 Å². The lowest BCUT2D eigenvalue weighted by Crippen LogP contribution is -2.26. The van der Waals surface area contributed by atoms with Crippen molar-refractivity contribution in [3.05, 3.63) is 42.0 Å². The van der Waals surface area contributed by atoms with Gasteiger partial charge in [-0.3, -0.25) is 9.36 Å². The molecule has 0 aliphatic rings. The van der Waals surface area contributed by atoms with Crippen LogP contribution in [-0.2, 0) is 25.0 Å². The van der Waals surface area contributed by atoms with E-state index in [0.29, 0.717) is 6.54 Å². The van der Waals surface area contributed by atoms with Crippen molar-refractivity contribution in [1.29, 1.82) is 0 Å². The smallest absolute Gasteiger partial charge is 0.340 e. The van der Waals surface area contributed by atoms with Gasteiger partial charge in [0.15, 0.2) is 0 Å². The fourth-order valence-electron chi connectivity index (χ4n) is 2.46. The normalized spacial score (nSPS) is 11.5. The molecule has 0 heterocycles. The summed E-state index contributed by atoms with van der Waals surface area (Å²) < 4.78 is 27.8. The first kappa shape index (κ1) is 19.4. The standard InChI is InChI=1S/C18H24NO5P/c1-4-23-25(21,24-5-2)13-18(20)19-12-14-6-7-16-11-17(22-3)9-8-15(16)10-14/h6-11H,4-5,12-13H2,1-3H3,(H,19,20). The van der Waals surface area contributed by atoms with E-state index >= 15 is 0 Å². The number of methoxy groups -OCH3 is 1. The van der Waals surface area contributed by atoms with E-state index in [9.17, 15) is 9.36 Å². The number of hydrogen-bond donors (Lipinski definition) is 1. The maximum absolute atomic E-state index is 12.4. The summed E-state index contributed by atoms with van der Waals surface area (Å²) in [5.41, 5.74) is 0.952. The van der Waals surface area contributed by atoms with Crippen LogP contribution in [0.3, 0.4) is 0 Å². The third-order valence-electron chi connectivity index (χ3n) is 3.59. The third kappa shape index (κ3) is 5.56. The molecule has 0 aliphatic heterocycles. The summed E-state index contributed by atoms with van der Waals surface area (Å²) in [6.07, 6.45) is -0.278. The molecule has 0 saturated heterocycles. The van der Waals surface area contributed by atoms with Gasteiger partial charge in [-0.15, -0.1) is 0 Å². The number of rotatable bonds is 9. The van der Waals surface area contributed by atoms with Crippen LogP contribution in [0, 0.1) is 0 Å². The van der Waals surface area contributed by atoms with Gasteiger partial charge < -0.3 is 19.1 Å². The Morgan fingerprint density at radius 1 is 1.04 bits per heavy atom. The number of fused-ring (bicyclic) bond motifs is 1. The lowest BCUT2D eigenvalue weighted by molar-refractivity contribution is -0.119. The van der Waals surface area contributed by atoms with Crippen molar-refractivity contribution in [2.75, 3.05) is 26.5 Å². The van der Waals surface area contributed by atoms with Crippen LogP contribution < -0.4 is 10.1 Å². The van der Waals surface area contributed by atoms with E-state index in [2.05, 4.69) is 5.32 Å². The summed E-state index contributed by atoms with van der Waals surface area (Å²) in [5.74, 6) is 0.441. The largest absolute Gasteiger partial charge is 0.497 e. The lowest BCUT2D eigenvalue weighted by atomic mass is 10.1. The number of benzene rings is 2. The van der Waals surface area contributed by atoms with Crippen molar-refractivity contribution in [3.8, 4) is 5.75 Å². The monoisotopic (exact) mass is 365 g/mol. The van der Waals surface area contributed by atoms with E-state index in [1.165, 1.54) is 0 Å². The molecule has 0 saturated carbocycles. The maximum atomic E-state index is 12.4. The van der Waals surface area contributed by atoms with Crippen LogP contribution in [-0.4, -0.2) is 32.4 Å². The fraction of sp³-hybridized carbons (Fsp3) is 0.389. The Bertz CT molecular complexity index is 767. The number of carbonyl (C=O) groups excluding carboxylic acids is 1.